The average molecular weight is 401 g/mol. The average Bonchev–Trinajstić information content (AvgIpc) is 3.15. The zero-order valence-electron chi connectivity index (χ0n) is 15.5. The summed E-state index contributed by atoms with van der Waals surface area (Å²) in [5, 5.41) is 15.8. The molecule has 2 fully saturated rings. The number of hydrogen-bond donors (Lipinski definition) is 2. The molecule has 1 unspecified atom stereocenters. The molecule has 2 aliphatic heterocycles. The van der Waals surface area contributed by atoms with Crippen LogP contribution in [-0.4, -0.2) is 55.2 Å². The molecular weight excluding hydrogens is 382 g/mol. The van der Waals surface area contributed by atoms with Gasteiger partial charge in [0, 0.05) is 10.3 Å². The molecular formula is C19H19N3O5S. The van der Waals surface area contributed by atoms with E-state index in [1.165, 1.54) is 16.7 Å². The summed E-state index contributed by atoms with van der Waals surface area (Å²) in [7, 11) is 0. The minimum absolute atomic E-state index is 0.273. The first-order valence-corrected chi connectivity index (χ1v) is 9.65. The van der Waals surface area contributed by atoms with Crippen LogP contribution in [0.1, 0.15) is 30.0 Å². The Hall–Kier alpha value is -2.81. The Balaban J connectivity index is 1.58. The quantitative estimate of drug-likeness (QED) is 0.752. The van der Waals surface area contributed by atoms with Crippen molar-refractivity contribution in [1.29, 1.82) is 0 Å². The molecule has 3 heterocycles. The summed E-state index contributed by atoms with van der Waals surface area (Å²) >= 11 is 1.38. The number of aliphatic carboxylic acids is 1. The first kappa shape index (κ1) is 18.5. The Bertz CT molecular complexity index is 971. The highest BCUT2D eigenvalue weighted by Gasteiger charge is 2.64. The molecule has 0 bridgehead atoms. The predicted molar refractivity (Wildman–Crippen MR) is 102 cm³/mol. The lowest BCUT2D eigenvalue weighted by atomic mass is 9.95. The molecule has 0 spiro atoms. The van der Waals surface area contributed by atoms with Gasteiger partial charge in [-0.25, -0.2) is 4.79 Å². The molecule has 0 saturated carbocycles. The second-order valence-corrected chi connectivity index (χ2v) is 9.15. The molecule has 0 radical (unpaired) electrons. The van der Waals surface area contributed by atoms with Crippen molar-refractivity contribution in [2.45, 2.75) is 43.0 Å². The molecule has 2 amide bonds. The molecule has 1 aromatic carbocycles. The van der Waals surface area contributed by atoms with E-state index in [0.29, 0.717) is 11.5 Å². The van der Waals surface area contributed by atoms with E-state index >= 15 is 0 Å². The fourth-order valence-corrected chi connectivity index (χ4v) is 5.42. The van der Waals surface area contributed by atoms with Crippen molar-refractivity contribution < 1.29 is 24.0 Å². The highest BCUT2D eigenvalue weighted by Crippen LogP contribution is 2.50. The van der Waals surface area contributed by atoms with Crippen LogP contribution in [-0.2, 0) is 9.59 Å². The normalized spacial score (nSPS) is 25.2. The second kappa shape index (κ2) is 6.37. The number of amides is 2. The number of nitrogens with one attached hydrogen (secondary N) is 1. The van der Waals surface area contributed by atoms with Crippen molar-refractivity contribution in [3.8, 4) is 11.3 Å². The van der Waals surface area contributed by atoms with E-state index in [1.54, 1.807) is 20.8 Å². The smallest absolute Gasteiger partial charge is 0.327 e. The molecule has 4 rings (SSSR count). The van der Waals surface area contributed by atoms with Gasteiger partial charge in [-0.3, -0.25) is 9.59 Å². The van der Waals surface area contributed by atoms with Crippen molar-refractivity contribution in [3.05, 3.63) is 41.7 Å². The van der Waals surface area contributed by atoms with Crippen LogP contribution in [0, 0.1) is 6.92 Å². The van der Waals surface area contributed by atoms with Crippen LogP contribution in [0.4, 0.5) is 0 Å². The number of nitrogens with zero attached hydrogens (tertiary/aromatic N) is 2. The third-order valence-electron chi connectivity index (χ3n) is 5.10. The largest absolute Gasteiger partial charge is 0.480 e. The van der Waals surface area contributed by atoms with Crippen LogP contribution in [0.2, 0.25) is 0 Å². The molecule has 8 nitrogen and oxygen atoms in total. The Morgan fingerprint density at radius 1 is 1.29 bits per heavy atom. The van der Waals surface area contributed by atoms with Crippen molar-refractivity contribution in [2.24, 2.45) is 0 Å². The third kappa shape index (κ3) is 2.69. The van der Waals surface area contributed by atoms with Crippen molar-refractivity contribution in [3.63, 3.8) is 0 Å². The van der Waals surface area contributed by atoms with Gasteiger partial charge in [0.05, 0.1) is 0 Å². The highest BCUT2D eigenvalue weighted by atomic mass is 32.2. The fourth-order valence-electron chi connectivity index (χ4n) is 3.79. The Labute approximate surface area is 165 Å². The number of carboxylic acid groups (broad SMARTS) is 1. The first-order chi connectivity index (χ1) is 13.2. The summed E-state index contributed by atoms with van der Waals surface area (Å²) in [5.41, 5.74) is 1.41. The maximum atomic E-state index is 12.9. The van der Waals surface area contributed by atoms with Gasteiger partial charge >= 0.3 is 5.97 Å². The topological polar surface area (TPSA) is 113 Å². The SMILES string of the molecule is Cc1onc(-c2ccccc2)c1C(=O)NC1C(=O)N2[C@@H]1SC(C)(C)[C@@H]2C(=O)O. The van der Waals surface area contributed by atoms with Gasteiger partial charge < -0.3 is 19.8 Å². The number of aromatic nitrogens is 1. The highest BCUT2D eigenvalue weighted by molar-refractivity contribution is 8.01. The number of β-lactam (4-membered cyclic amide) rings is 1. The van der Waals surface area contributed by atoms with Gasteiger partial charge in [0.15, 0.2) is 0 Å². The number of fused-ring (bicyclic) bond motifs is 1. The van der Waals surface area contributed by atoms with Crippen LogP contribution in [0.15, 0.2) is 34.9 Å². The van der Waals surface area contributed by atoms with Gasteiger partial charge in [0.1, 0.15) is 34.5 Å². The molecule has 0 aliphatic carbocycles. The summed E-state index contributed by atoms with van der Waals surface area (Å²) < 4.78 is 4.57. The summed E-state index contributed by atoms with van der Waals surface area (Å²) in [6.45, 7) is 5.22. The number of rotatable bonds is 4. The molecule has 9 heteroatoms. The van der Waals surface area contributed by atoms with Crippen LogP contribution in [0.3, 0.4) is 0 Å². The molecule has 28 heavy (non-hydrogen) atoms. The van der Waals surface area contributed by atoms with E-state index in [1.807, 2.05) is 30.3 Å². The second-order valence-electron chi connectivity index (χ2n) is 7.38. The van der Waals surface area contributed by atoms with Crippen LogP contribution in [0.25, 0.3) is 11.3 Å². The molecule has 2 saturated heterocycles. The monoisotopic (exact) mass is 401 g/mol. The van der Waals surface area contributed by atoms with Gasteiger partial charge in [-0.05, 0) is 20.8 Å². The van der Waals surface area contributed by atoms with Gasteiger partial charge in [-0.2, -0.15) is 0 Å². The van der Waals surface area contributed by atoms with E-state index in [4.69, 9.17) is 4.52 Å². The van der Waals surface area contributed by atoms with E-state index in [-0.39, 0.29) is 11.5 Å². The summed E-state index contributed by atoms with van der Waals surface area (Å²) in [6, 6.07) is 7.46. The fraction of sp³-hybridized carbons (Fsp3) is 0.368. The number of carbonyl (C=O) groups excluding carboxylic acids is 2. The molecule has 2 aliphatic rings. The minimum Gasteiger partial charge on any atom is -0.480 e. The van der Waals surface area contributed by atoms with E-state index in [2.05, 4.69) is 10.5 Å². The summed E-state index contributed by atoms with van der Waals surface area (Å²) in [4.78, 5) is 38.5. The number of carbonyl (C=O) groups is 3. The van der Waals surface area contributed by atoms with E-state index < -0.39 is 34.1 Å². The summed E-state index contributed by atoms with van der Waals surface area (Å²) in [6.07, 6.45) is 0. The Morgan fingerprint density at radius 3 is 2.61 bits per heavy atom. The zero-order valence-corrected chi connectivity index (χ0v) is 16.3. The molecule has 2 N–H and O–H groups in total. The molecule has 3 atom stereocenters. The third-order valence-corrected chi connectivity index (χ3v) is 6.67. The maximum absolute atomic E-state index is 12.9. The lowest BCUT2D eigenvalue weighted by Crippen LogP contribution is -2.70. The van der Waals surface area contributed by atoms with Crippen LogP contribution >= 0.6 is 11.8 Å². The van der Waals surface area contributed by atoms with Gasteiger partial charge in [0.2, 0.25) is 5.91 Å². The van der Waals surface area contributed by atoms with Crippen molar-refractivity contribution in [1.82, 2.24) is 15.4 Å². The number of benzene rings is 1. The van der Waals surface area contributed by atoms with Gasteiger partial charge in [-0.1, -0.05) is 35.5 Å². The Morgan fingerprint density at radius 2 is 1.96 bits per heavy atom. The van der Waals surface area contributed by atoms with Crippen molar-refractivity contribution >= 4 is 29.5 Å². The van der Waals surface area contributed by atoms with Gasteiger partial charge in [-0.15, -0.1) is 11.8 Å². The number of aryl methyl sites for hydroxylation is 1. The summed E-state index contributed by atoms with van der Waals surface area (Å²) in [5.74, 6) is -1.55. The van der Waals surface area contributed by atoms with Crippen LogP contribution < -0.4 is 5.32 Å². The van der Waals surface area contributed by atoms with Crippen molar-refractivity contribution in [2.75, 3.05) is 0 Å². The van der Waals surface area contributed by atoms with E-state index in [9.17, 15) is 19.5 Å². The standard InChI is InChI=1S/C19H19N3O5S/c1-9-11(12(21-27-9)10-7-5-4-6-8-10)15(23)20-13-16(24)22-14(18(25)26)19(2,3)28-17(13)22/h4-8,13-14,17H,1-3H3,(H,20,23)(H,25,26)/t13?,14-,17+/m0/s1. The number of carboxylic acids is 1. The lowest BCUT2D eigenvalue weighted by Gasteiger charge is -2.43. The van der Waals surface area contributed by atoms with E-state index in [0.717, 1.165) is 5.56 Å². The molecule has 2 aromatic rings. The maximum Gasteiger partial charge on any atom is 0.327 e. The van der Waals surface area contributed by atoms with Crippen LogP contribution in [0.5, 0.6) is 0 Å². The minimum atomic E-state index is -1.04. The first-order valence-electron chi connectivity index (χ1n) is 8.77. The lowest BCUT2D eigenvalue weighted by molar-refractivity contribution is -0.159. The Kier molecular flexibility index (Phi) is 4.22. The molecule has 1 aromatic heterocycles. The predicted octanol–water partition coefficient (Wildman–Crippen LogP) is 1.90. The number of hydrogen-bond acceptors (Lipinski definition) is 6. The molecule has 146 valence electrons. The van der Waals surface area contributed by atoms with Gasteiger partial charge in [0.25, 0.3) is 5.91 Å². The zero-order chi connectivity index (χ0) is 20.2. The number of thioether (sulfide) groups is 1.